The van der Waals surface area contributed by atoms with Crippen molar-refractivity contribution in [3.63, 3.8) is 0 Å². The molecule has 3 aromatic carbocycles. The van der Waals surface area contributed by atoms with E-state index in [4.69, 9.17) is 0 Å². The second-order valence-corrected chi connectivity index (χ2v) is 7.63. The summed E-state index contributed by atoms with van der Waals surface area (Å²) in [6, 6.07) is 20.9. The number of ketones is 1. The average Bonchev–Trinajstić information content (AvgIpc) is 3.05. The number of hydrogen-bond donors (Lipinski definition) is 1. The van der Waals surface area contributed by atoms with Gasteiger partial charge in [0.25, 0.3) is 17.4 Å². The lowest BCUT2D eigenvalue weighted by Gasteiger charge is -2.25. The molecule has 0 aliphatic carbocycles. The first-order valence-corrected chi connectivity index (χ1v) is 10.0. The number of nitrogens with zero attached hydrogens (tertiary/aromatic N) is 2. The summed E-state index contributed by atoms with van der Waals surface area (Å²) in [5.41, 5.74) is 2.57. The highest BCUT2D eigenvalue weighted by Crippen LogP contribution is 2.40. The van der Waals surface area contributed by atoms with Gasteiger partial charge in [-0.05, 0) is 30.2 Å². The number of rotatable bonds is 5. The molecule has 7 heteroatoms. The molecule has 1 fully saturated rings. The van der Waals surface area contributed by atoms with Gasteiger partial charge in [0.1, 0.15) is 5.76 Å². The highest BCUT2D eigenvalue weighted by molar-refractivity contribution is 6.46. The molecular weight excluding hydrogens is 408 g/mol. The highest BCUT2D eigenvalue weighted by atomic mass is 16.6. The van der Waals surface area contributed by atoms with Crippen LogP contribution in [0.25, 0.3) is 5.76 Å². The van der Waals surface area contributed by atoms with Crippen molar-refractivity contribution in [2.24, 2.45) is 0 Å². The van der Waals surface area contributed by atoms with Gasteiger partial charge in [0, 0.05) is 24.2 Å². The number of nitro groups is 1. The molecule has 1 aliphatic rings. The maximum atomic E-state index is 13.0. The van der Waals surface area contributed by atoms with Crippen LogP contribution in [0.1, 0.15) is 28.3 Å². The highest BCUT2D eigenvalue weighted by Gasteiger charge is 2.46. The molecule has 3 aromatic rings. The van der Waals surface area contributed by atoms with Gasteiger partial charge in [-0.25, -0.2) is 0 Å². The maximum absolute atomic E-state index is 13.0. The second kappa shape index (κ2) is 8.47. The number of Topliss-reactive ketones (excluding diaryl/α,β-unsaturated/α-hetero) is 1. The molecule has 32 heavy (non-hydrogen) atoms. The Hall–Kier alpha value is -4.26. The first-order chi connectivity index (χ1) is 15.4. The molecule has 0 radical (unpaired) electrons. The van der Waals surface area contributed by atoms with Gasteiger partial charge >= 0.3 is 0 Å². The molecule has 1 N–H and O–H groups in total. The number of benzene rings is 3. The SMILES string of the molecule is Cc1ccc(/C(O)=C2\C(=O)C(=O)N(Cc3ccccc3)C2c2ccc([N+](=O)[O-])cc2)cc1. The lowest BCUT2D eigenvalue weighted by atomic mass is 9.94. The fourth-order valence-corrected chi connectivity index (χ4v) is 3.82. The summed E-state index contributed by atoms with van der Waals surface area (Å²) in [5.74, 6) is -1.80. The molecule has 1 saturated heterocycles. The summed E-state index contributed by atoms with van der Waals surface area (Å²) >= 11 is 0. The summed E-state index contributed by atoms with van der Waals surface area (Å²) in [7, 11) is 0. The molecule has 1 heterocycles. The zero-order valence-electron chi connectivity index (χ0n) is 17.3. The van der Waals surface area contributed by atoms with E-state index in [1.807, 2.05) is 37.3 Å². The van der Waals surface area contributed by atoms with Crippen molar-refractivity contribution >= 4 is 23.1 Å². The number of aliphatic hydroxyl groups is 1. The Kier molecular flexibility index (Phi) is 5.55. The van der Waals surface area contributed by atoms with Gasteiger partial charge in [-0.1, -0.05) is 60.2 Å². The normalized spacial score (nSPS) is 17.5. The van der Waals surface area contributed by atoms with E-state index in [1.54, 1.807) is 24.3 Å². The summed E-state index contributed by atoms with van der Waals surface area (Å²) in [4.78, 5) is 38.0. The Balaban J connectivity index is 1.85. The summed E-state index contributed by atoms with van der Waals surface area (Å²) in [6.07, 6.45) is 0. The van der Waals surface area contributed by atoms with Gasteiger partial charge < -0.3 is 10.0 Å². The monoisotopic (exact) mass is 428 g/mol. The van der Waals surface area contributed by atoms with E-state index < -0.39 is 22.7 Å². The van der Waals surface area contributed by atoms with Gasteiger partial charge in [0.2, 0.25) is 0 Å². The van der Waals surface area contributed by atoms with Crippen molar-refractivity contribution in [2.45, 2.75) is 19.5 Å². The topological polar surface area (TPSA) is 101 Å². The number of hydrogen-bond acceptors (Lipinski definition) is 5. The molecule has 1 atom stereocenters. The standard InChI is InChI=1S/C25H20N2O5/c1-16-7-9-19(10-8-16)23(28)21-22(18-11-13-20(14-12-18)27(31)32)26(25(30)24(21)29)15-17-5-3-2-4-6-17/h2-14,22,28H,15H2,1H3/b23-21+. The van der Waals surface area contributed by atoms with Gasteiger partial charge in [-0.15, -0.1) is 0 Å². The number of likely N-dealkylation sites (tertiary alicyclic amines) is 1. The predicted octanol–water partition coefficient (Wildman–Crippen LogP) is 4.53. The molecule has 1 amide bonds. The molecule has 1 aliphatic heterocycles. The van der Waals surface area contributed by atoms with E-state index in [0.717, 1.165) is 11.1 Å². The van der Waals surface area contributed by atoms with E-state index >= 15 is 0 Å². The summed E-state index contributed by atoms with van der Waals surface area (Å²) in [6.45, 7) is 2.05. The van der Waals surface area contributed by atoms with E-state index in [1.165, 1.54) is 29.2 Å². The molecule has 160 valence electrons. The van der Waals surface area contributed by atoms with Gasteiger partial charge in [0.15, 0.2) is 0 Å². The lowest BCUT2D eigenvalue weighted by molar-refractivity contribution is -0.384. The number of carbonyl (C=O) groups is 2. The lowest BCUT2D eigenvalue weighted by Crippen LogP contribution is -2.29. The number of amides is 1. The van der Waals surface area contributed by atoms with Gasteiger partial charge in [0.05, 0.1) is 16.5 Å². The molecular formula is C25H20N2O5. The first kappa shape index (κ1) is 21.0. The third-order valence-corrected chi connectivity index (χ3v) is 5.48. The van der Waals surface area contributed by atoms with Gasteiger partial charge in [-0.2, -0.15) is 0 Å². The number of nitro benzene ring substituents is 1. The number of aliphatic hydroxyl groups excluding tert-OH is 1. The van der Waals surface area contributed by atoms with E-state index in [9.17, 15) is 24.8 Å². The predicted molar refractivity (Wildman–Crippen MR) is 119 cm³/mol. The smallest absolute Gasteiger partial charge is 0.295 e. The van der Waals surface area contributed by atoms with Crippen molar-refractivity contribution in [1.82, 2.24) is 4.90 Å². The summed E-state index contributed by atoms with van der Waals surface area (Å²) in [5, 5.41) is 22.1. The fourth-order valence-electron chi connectivity index (χ4n) is 3.82. The number of carbonyl (C=O) groups excluding carboxylic acids is 2. The average molecular weight is 428 g/mol. The first-order valence-electron chi connectivity index (χ1n) is 10.0. The Morgan fingerprint density at radius 3 is 2.19 bits per heavy atom. The molecule has 1 unspecified atom stereocenters. The van der Waals surface area contributed by atoms with Crippen LogP contribution in [-0.4, -0.2) is 26.6 Å². The van der Waals surface area contributed by atoms with E-state index in [-0.39, 0.29) is 23.6 Å². The zero-order valence-corrected chi connectivity index (χ0v) is 17.3. The van der Waals surface area contributed by atoms with Crippen LogP contribution in [0, 0.1) is 17.0 Å². The minimum absolute atomic E-state index is 0.0383. The van der Waals surface area contributed by atoms with Crippen molar-refractivity contribution < 1.29 is 19.6 Å². The largest absolute Gasteiger partial charge is 0.507 e. The van der Waals surface area contributed by atoms with E-state index in [0.29, 0.717) is 11.1 Å². The zero-order chi connectivity index (χ0) is 22.8. The molecule has 7 nitrogen and oxygen atoms in total. The van der Waals surface area contributed by atoms with Crippen LogP contribution in [0.2, 0.25) is 0 Å². The number of aryl methyl sites for hydroxylation is 1. The van der Waals surface area contributed by atoms with Gasteiger partial charge in [-0.3, -0.25) is 19.7 Å². The molecule has 0 aromatic heterocycles. The molecule has 4 rings (SSSR count). The van der Waals surface area contributed by atoms with Crippen LogP contribution >= 0.6 is 0 Å². The van der Waals surface area contributed by atoms with Crippen molar-refractivity contribution in [3.05, 3.63) is 117 Å². The van der Waals surface area contributed by atoms with Crippen LogP contribution in [0.3, 0.4) is 0 Å². The minimum Gasteiger partial charge on any atom is -0.507 e. The Morgan fingerprint density at radius 1 is 0.969 bits per heavy atom. The van der Waals surface area contributed by atoms with Crippen molar-refractivity contribution in [3.8, 4) is 0 Å². The Labute approximate surface area is 184 Å². The third kappa shape index (κ3) is 3.88. The number of non-ortho nitro benzene ring substituents is 1. The van der Waals surface area contributed by atoms with Crippen molar-refractivity contribution in [2.75, 3.05) is 0 Å². The van der Waals surface area contributed by atoms with Crippen LogP contribution in [0.15, 0.2) is 84.4 Å². The molecule has 0 bridgehead atoms. The Bertz CT molecular complexity index is 1220. The molecule has 0 spiro atoms. The Morgan fingerprint density at radius 2 is 1.59 bits per heavy atom. The van der Waals surface area contributed by atoms with Crippen LogP contribution in [0.5, 0.6) is 0 Å². The molecule has 0 saturated carbocycles. The third-order valence-electron chi connectivity index (χ3n) is 5.48. The van der Waals surface area contributed by atoms with Crippen LogP contribution in [-0.2, 0) is 16.1 Å². The van der Waals surface area contributed by atoms with Crippen molar-refractivity contribution in [1.29, 1.82) is 0 Å². The fraction of sp³-hybridized carbons (Fsp3) is 0.120. The quantitative estimate of drug-likeness (QED) is 0.212. The summed E-state index contributed by atoms with van der Waals surface area (Å²) < 4.78 is 0. The maximum Gasteiger partial charge on any atom is 0.295 e. The van der Waals surface area contributed by atoms with E-state index in [2.05, 4.69) is 0 Å². The minimum atomic E-state index is -0.877. The second-order valence-electron chi connectivity index (χ2n) is 7.63. The van der Waals surface area contributed by atoms with Crippen LogP contribution in [0.4, 0.5) is 5.69 Å². The van der Waals surface area contributed by atoms with Crippen LogP contribution < -0.4 is 0 Å².